The first kappa shape index (κ1) is 11.8. The molecule has 0 aromatic heterocycles. The van der Waals surface area contributed by atoms with Gasteiger partial charge < -0.3 is 20.3 Å². The highest BCUT2D eigenvalue weighted by molar-refractivity contribution is 5.72. The summed E-state index contributed by atoms with van der Waals surface area (Å²) in [4.78, 5) is 10.5. The van der Waals surface area contributed by atoms with Crippen LogP contribution in [0.4, 0.5) is 0 Å². The number of carbonyl (C=O) groups is 1. The molecule has 4 unspecified atom stereocenters. The molecule has 0 radical (unpaired) electrons. The highest BCUT2D eigenvalue weighted by atomic mass is 16.6. The fourth-order valence-electron chi connectivity index (χ4n) is 2.31. The second kappa shape index (κ2) is 5.12. The van der Waals surface area contributed by atoms with Crippen molar-refractivity contribution in [3.05, 3.63) is 0 Å². The third-order valence-electron chi connectivity index (χ3n) is 3.37. The van der Waals surface area contributed by atoms with Gasteiger partial charge in [0.25, 0.3) is 0 Å². The molecular weight excluding hydrogens is 210 g/mol. The van der Waals surface area contributed by atoms with Crippen LogP contribution in [-0.2, 0) is 14.3 Å². The van der Waals surface area contributed by atoms with Crippen molar-refractivity contribution in [3.63, 3.8) is 0 Å². The predicted molar refractivity (Wildman–Crippen MR) is 57.1 cm³/mol. The molecule has 5 nitrogen and oxygen atoms in total. The van der Waals surface area contributed by atoms with Gasteiger partial charge in [0.2, 0.25) is 0 Å². The molecule has 0 spiro atoms. The van der Waals surface area contributed by atoms with Crippen molar-refractivity contribution >= 4 is 5.97 Å². The maximum atomic E-state index is 10.5. The van der Waals surface area contributed by atoms with Crippen LogP contribution < -0.4 is 5.73 Å². The minimum absolute atomic E-state index is 0.139. The number of fused-ring (bicyclic) bond motifs is 3. The van der Waals surface area contributed by atoms with Crippen LogP contribution in [0.3, 0.4) is 0 Å². The van der Waals surface area contributed by atoms with Crippen LogP contribution in [0.5, 0.6) is 0 Å². The van der Waals surface area contributed by atoms with E-state index in [1.807, 2.05) is 0 Å². The van der Waals surface area contributed by atoms with Gasteiger partial charge in [-0.25, -0.2) is 0 Å². The topological polar surface area (TPSA) is 81.8 Å². The lowest BCUT2D eigenvalue weighted by molar-refractivity contribution is -0.152. The quantitative estimate of drug-likeness (QED) is 0.718. The molecule has 0 aromatic carbocycles. The van der Waals surface area contributed by atoms with Crippen molar-refractivity contribution in [2.24, 2.45) is 5.73 Å². The number of carboxylic acids is 1. The molecular formula is C11H19NO4. The van der Waals surface area contributed by atoms with Crippen LogP contribution in [0.1, 0.15) is 32.1 Å². The van der Waals surface area contributed by atoms with Crippen LogP contribution in [0, 0.1) is 0 Å². The van der Waals surface area contributed by atoms with E-state index in [2.05, 4.69) is 0 Å². The van der Waals surface area contributed by atoms with Gasteiger partial charge in [0.15, 0.2) is 0 Å². The first-order chi connectivity index (χ1) is 7.66. The first-order valence-corrected chi connectivity index (χ1v) is 5.92. The Morgan fingerprint density at radius 3 is 3.00 bits per heavy atom. The second-order valence-electron chi connectivity index (χ2n) is 4.61. The Morgan fingerprint density at radius 2 is 2.31 bits per heavy atom. The van der Waals surface area contributed by atoms with Gasteiger partial charge in [0.05, 0.1) is 18.3 Å². The zero-order valence-electron chi connectivity index (χ0n) is 9.30. The Balaban J connectivity index is 1.67. The Hall–Kier alpha value is -0.650. The van der Waals surface area contributed by atoms with Crippen LogP contribution >= 0.6 is 0 Å². The highest BCUT2D eigenvalue weighted by Crippen LogP contribution is 2.32. The van der Waals surface area contributed by atoms with Crippen molar-refractivity contribution in [3.8, 4) is 0 Å². The molecule has 3 aliphatic heterocycles. The van der Waals surface area contributed by atoms with E-state index in [0.29, 0.717) is 12.5 Å². The number of rotatable bonds is 5. The van der Waals surface area contributed by atoms with E-state index in [9.17, 15) is 4.79 Å². The van der Waals surface area contributed by atoms with Gasteiger partial charge >= 0.3 is 5.97 Å². The lowest BCUT2D eigenvalue weighted by atomic mass is 9.96. The van der Waals surface area contributed by atoms with Gasteiger partial charge in [0, 0.05) is 13.0 Å². The van der Waals surface area contributed by atoms with Crippen molar-refractivity contribution < 1.29 is 19.4 Å². The normalized spacial score (nSPS) is 34.9. The largest absolute Gasteiger partial charge is 0.480 e. The number of aliphatic carboxylic acids is 1. The maximum Gasteiger partial charge on any atom is 0.320 e. The van der Waals surface area contributed by atoms with E-state index in [0.717, 1.165) is 32.3 Å². The summed E-state index contributed by atoms with van der Waals surface area (Å²) in [5, 5.41) is 8.64. The second-order valence-corrected chi connectivity index (χ2v) is 4.61. The zero-order valence-corrected chi connectivity index (χ0v) is 9.30. The molecule has 16 heavy (non-hydrogen) atoms. The lowest BCUT2D eigenvalue weighted by Crippen LogP contribution is -2.43. The third-order valence-corrected chi connectivity index (χ3v) is 3.37. The summed E-state index contributed by atoms with van der Waals surface area (Å²) in [6.45, 7) is 0.761. The van der Waals surface area contributed by atoms with Gasteiger partial charge in [-0.15, -0.1) is 0 Å². The molecule has 3 rings (SSSR count). The Kier molecular flexibility index (Phi) is 3.78. The van der Waals surface area contributed by atoms with E-state index in [-0.39, 0.29) is 12.2 Å². The van der Waals surface area contributed by atoms with E-state index in [1.54, 1.807) is 0 Å². The van der Waals surface area contributed by atoms with Gasteiger partial charge in [0.1, 0.15) is 6.04 Å². The van der Waals surface area contributed by atoms with E-state index >= 15 is 0 Å². The summed E-state index contributed by atoms with van der Waals surface area (Å²) < 4.78 is 11.3. The van der Waals surface area contributed by atoms with Crippen molar-refractivity contribution in [1.29, 1.82) is 0 Å². The first-order valence-electron chi connectivity index (χ1n) is 5.92. The van der Waals surface area contributed by atoms with Gasteiger partial charge in [-0.3, -0.25) is 4.79 Å². The summed E-state index contributed by atoms with van der Waals surface area (Å²) in [6, 6.07) is -0.749. The average Bonchev–Trinajstić information content (AvgIpc) is 2.48. The summed E-state index contributed by atoms with van der Waals surface area (Å²) >= 11 is 0. The standard InChI is InChI=1S/C11H19NO4/c12-8(11(13)14)2-1-3-9-10-6-7(16-10)4-5-15-9/h7-10H,1-6,12H2,(H,13,14). The Labute approximate surface area is 94.9 Å². The van der Waals surface area contributed by atoms with Gasteiger partial charge in [-0.2, -0.15) is 0 Å². The van der Waals surface area contributed by atoms with E-state index < -0.39 is 12.0 Å². The number of carboxylic acid groups (broad SMARTS) is 1. The summed E-state index contributed by atoms with van der Waals surface area (Å²) in [5.41, 5.74) is 5.44. The zero-order chi connectivity index (χ0) is 11.5. The van der Waals surface area contributed by atoms with Crippen LogP contribution in [0.2, 0.25) is 0 Å². The van der Waals surface area contributed by atoms with E-state index in [4.69, 9.17) is 20.3 Å². The third kappa shape index (κ3) is 2.72. The smallest absolute Gasteiger partial charge is 0.320 e. The molecule has 3 fully saturated rings. The number of hydrogen-bond acceptors (Lipinski definition) is 4. The molecule has 3 saturated heterocycles. The molecule has 2 bridgehead atoms. The molecule has 3 aliphatic rings. The Morgan fingerprint density at radius 1 is 1.56 bits per heavy atom. The molecule has 0 aliphatic carbocycles. The summed E-state index contributed by atoms with van der Waals surface area (Å²) in [7, 11) is 0. The van der Waals surface area contributed by atoms with Crippen molar-refractivity contribution in [2.75, 3.05) is 6.61 Å². The number of ether oxygens (including phenoxy) is 2. The minimum atomic E-state index is -0.929. The van der Waals surface area contributed by atoms with Crippen LogP contribution in [0.25, 0.3) is 0 Å². The molecule has 0 saturated carbocycles. The summed E-state index contributed by atoms with van der Waals surface area (Å²) in [6.07, 6.45) is 4.98. The van der Waals surface area contributed by atoms with Crippen LogP contribution in [-0.4, -0.2) is 42.0 Å². The molecule has 5 heteroatoms. The summed E-state index contributed by atoms with van der Waals surface area (Å²) in [5.74, 6) is -0.929. The molecule has 0 aromatic rings. The molecule has 4 atom stereocenters. The SMILES string of the molecule is NC(CCCC1OCCC2CC1O2)C(=O)O. The fraction of sp³-hybridized carbons (Fsp3) is 0.909. The van der Waals surface area contributed by atoms with Gasteiger partial charge in [-0.05, 0) is 25.7 Å². The lowest BCUT2D eigenvalue weighted by Gasteiger charge is -2.36. The molecule has 92 valence electrons. The molecule has 0 amide bonds. The average molecular weight is 229 g/mol. The highest BCUT2D eigenvalue weighted by Gasteiger charge is 2.39. The van der Waals surface area contributed by atoms with Crippen LogP contribution in [0.15, 0.2) is 0 Å². The predicted octanol–water partition coefficient (Wildman–Crippen LogP) is 0.515. The molecule has 3 N–H and O–H groups in total. The number of hydrogen-bond donors (Lipinski definition) is 2. The fourth-order valence-corrected chi connectivity index (χ4v) is 2.31. The molecule has 3 heterocycles. The van der Waals surface area contributed by atoms with Gasteiger partial charge in [-0.1, -0.05) is 0 Å². The van der Waals surface area contributed by atoms with Crippen molar-refractivity contribution in [1.82, 2.24) is 0 Å². The minimum Gasteiger partial charge on any atom is -0.480 e. The maximum absolute atomic E-state index is 10.5. The Bertz CT molecular complexity index is 252. The number of nitrogens with two attached hydrogens (primary N) is 1. The monoisotopic (exact) mass is 229 g/mol. The van der Waals surface area contributed by atoms with Crippen molar-refractivity contribution in [2.45, 2.75) is 56.5 Å². The van der Waals surface area contributed by atoms with E-state index in [1.165, 1.54) is 0 Å².